The van der Waals surface area contributed by atoms with Crippen molar-refractivity contribution in [2.24, 2.45) is 11.7 Å². The summed E-state index contributed by atoms with van der Waals surface area (Å²) in [6.45, 7) is 6.13. The number of epoxide rings is 1. The third kappa shape index (κ3) is 3.78. The third-order valence-electron chi connectivity index (χ3n) is 3.01. The molecular formula is C15H21NO3. The Morgan fingerprint density at radius 1 is 1.37 bits per heavy atom. The molecule has 0 bridgehead atoms. The minimum Gasteiger partial charge on any atom is -0.460 e. The van der Waals surface area contributed by atoms with Crippen molar-refractivity contribution in [1.82, 2.24) is 0 Å². The van der Waals surface area contributed by atoms with E-state index in [4.69, 9.17) is 15.2 Å². The zero-order chi connectivity index (χ0) is 14.0. The SMILES string of the molecule is CC(C)(C)OC(=O)[C@H](C1CO1)[C@@H](N)c1ccccc1. The fraction of sp³-hybridized carbons (Fsp3) is 0.533. The van der Waals surface area contributed by atoms with Gasteiger partial charge in [0.05, 0.1) is 12.7 Å². The van der Waals surface area contributed by atoms with Crippen LogP contribution in [0.2, 0.25) is 0 Å². The second-order valence-corrected chi connectivity index (χ2v) is 5.87. The molecule has 104 valence electrons. The van der Waals surface area contributed by atoms with E-state index in [1.165, 1.54) is 0 Å². The van der Waals surface area contributed by atoms with E-state index in [0.717, 1.165) is 5.56 Å². The van der Waals surface area contributed by atoms with Crippen LogP contribution < -0.4 is 5.73 Å². The lowest BCUT2D eigenvalue weighted by Crippen LogP contribution is -2.37. The maximum absolute atomic E-state index is 12.3. The quantitative estimate of drug-likeness (QED) is 0.667. The van der Waals surface area contributed by atoms with Gasteiger partial charge in [-0.25, -0.2) is 0 Å². The monoisotopic (exact) mass is 263 g/mol. The van der Waals surface area contributed by atoms with Gasteiger partial charge in [-0.15, -0.1) is 0 Å². The first-order valence-corrected chi connectivity index (χ1v) is 6.53. The summed E-state index contributed by atoms with van der Waals surface area (Å²) in [5.41, 5.74) is 6.63. The number of nitrogens with two attached hydrogens (primary N) is 1. The van der Waals surface area contributed by atoms with Crippen LogP contribution in [0.3, 0.4) is 0 Å². The minimum atomic E-state index is -0.513. The molecule has 1 unspecified atom stereocenters. The number of esters is 1. The first-order chi connectivity index (χ1) is 8.88. The molecule has 0 radical (unpaired) electrons. The van der Waals surface area contributed by atoms with Gasteiger partial charge in [0, 0.05) is 6.04 Å². The van der Waals surface area contributed by atoms with Crippen LogP contribution in [0, 0.1) is 5.92 Å². The van der Waals surface area contributed by atoms with Gasteiger partial charge in [0.2, 0.25) is 0 Å². The number of carbonyl (C=O) groups is 1. The predicted molar refractivity (Wildman–Crippen MR) is 72.4 cm³/mol. The summed E-state index contributed by atoms with van der Waals surface area (Å²) in [4.78, 5) is 12.3. The Bertz CT molecular complexity index is 434. The molecule has 1 aliphatic rings. The van der Waals surface area contributed by atoms with E-state index in [1.54, 1.807) is 0 Å². The molecule has 2 N–H and O–H groups in total. The number of benzene rings is 1. The fourth-order valence-corrected chi connectivity index (χ4v) is 2.04. The molecule has 0 amide bonds. The van der Waals surface area contributed by atoms with Gasteiger partial charge in [-0.2, -0.15) is 0 Å². The van der Waals surface area contributed by atoms with Crippen molar-refractivity contribution in [2.45, 2.75) is 38.5 Å². The van der Waals surface area contributed by atoms with Gasteiger partial charge in [0.1, 0.15) is 11.5 Å². The second kappa shape index (κ2) is 5.31. The van der Waals surface area contributed by atoms with E-state index in [9.17, 15) is 4.79 Å². The van der Waals surface area contributed by atoms with Crippen LogP contribution in [-0.4, -0.2) is 24.3 Å². The first-order valence-electron chi connectivity index (χ1n) is 6.53. The van der Waals surface area contributed by atoms with Crippen molar-refractivity contribution >= 4 is 5.97 Å². The largest absolute Gasteiger partial charge is 0.460 e. The molecule has 0 saturated carbocycles. The molecule has 2 rings (SSSR count). The third-order valence-corrected chi connectivity index (χ3v) is 3.01. The van der Waals surface area contributed by atoms with E-state index in [0.29, 0.717) is 6.61 Å². The Morgan fingerprint density at radius 2 is 1.95 bits per heavy atom. The van der Waals surface area contributed by atoms with Crippen LogP contribution in [0.25, 0.3) is 0 Å². The average molecular weight is 263 g/mol. The highest BCUT2D eigenvalue weighted by molar-refractivity contribution is 5.75. The molecule has 19 heavy (non-hydrogen) atoms. The molecular weight excluding hydrogens is 242 g/mol. The van der Waals surface area contributed by atoms with Crippen LogP contribution in [0.5, 0.6) is 0 Å². The van der Waals surface area contributed by atoms with Crippen molar-refractivity contribution in [3.8, 4) is 0 Å². The Hall–Kier alpha value is -1.39. The smallest absolute Gasteiger partial charge is 0.314 e. The number of hydrogen-bond donors (Lipinski definition) is 1. The zero-order valence-corrected chi connectivity index (χ0v) is 11.6. The molecule has 4 heteroatoms. The Balaban J connectivity index is 2.14. The number of hydrogen-bond acceptors (Lipinski definition) is 4. The van der Waals surface area contributed by atoms with Gasteiger partial charge in [-0.3, -0.25) is 4.79 Å². The lowest BCUT2D eigenvalue weighted by molar-refractivity contribution is -0.161. The van der Waals surface area contributed by atoms with E-state index in [1.807, 2.05) is 51.1 Å². The molecule has 0 spiro atoms. The molecule has 1 aliphatic heterocycles. The summed E-state index contributed by atoms with van der Waals surface area (Å²) in [7, 11) is 0. The van der Waals surface area contributed by atoms with Crippen molar-refractivity contribution in [3.05, 3.63) is 35.9 Å². The summed E-state index contributed by atoms with van der Waals surface area (Å²) in [6.07, 6.45) is -0.120. The lowest BCUT2D eigenvalue weighted by atomic mass is 9.91. The topological polar surface area (TPSA) is 64.8 Å². The highest BCUT2D eigenvalue weighted by Crippen LogP contribution is 2.32. The number of rotatable bonds is 4. The molecule has 0 aliphatic carbocycles. The van der Waals surface area contributed by atoms with Gasteiger partial charge in [0.15, 0.2) is 0 Å². The van der Waals surface area contributed by atoms with E-state index >= 15 is 0 Å². The molecule has 3 atom stereocenters. The number of carbonyl (C=O) groups excluding carboxylic acids is 1. The molecule has 1 aromatic carbocycles. The zero-order valence-electron chi connectivity index (χ0n) is 11.6. The molecule has 1 saturated heterocycles. The van der Waals surface area contributed by atoms with Crippen molar-refractivity contribution in [1.29, 1.82) is 0 Å². The van der Waals surface area contributed by atoms with Crippen molar-refractivity contribution in [2.75, 3.05) is 6.61 Å². The average Bonchev–Trinajstić information content (AvgIpc) is 3.12. The van der Waals surface area contributed by atoms with Gasteiger partial charge in [0.25, 0.3) is 0 Å². The number of ether oxygens (including phenoxy) is 2. The normalized spacial score (nSPS) is 21.6. The molecule has 4 nitrogen and oxygen atoms in total. The van der Waals surface area contributed by atoms with Gasteiger partial charge >= 0.3 is 5.97 Å². The van der Waals surface area contributed by atoms with E-state index in [2.05, 4.69) is 0 Å². The van der Waals surface area contributed by atoms with Crippen LogP contribution in [-0.2, 0) is 14.3 Å². The molecule has 1 fully saturated rings. The van der Waals surface area contributed by atoms with Gasteiger partial charge in [-0.1, -0.05) is 30.3 Å². The van der Waals surface area contributed by atoms with Crippen molar-refractivity contribution < 1.29 is 14.3 Å². The summed E-state index contributed by atoms with van der Waals surface area (Å²) < 4.78 is 10.7. The first kappa shape index (κ1) is 14.0. The van der Waals surface area contributed by atoms with Crippen molar-refractivity contribution in [3.63, 3.8) is 0 Å². The highest BCUT2D eigenvalue weighted by Gasteiger charge is 2.44. The summed E-state index contributed by atoms with van der Waals surface area (Å²) in [5.74, 6) is -0.729. The Kier molecular flexibility index (Phi) is 3.92. The second-order valence-electron chi connectivity index (χ2n) is 5.87. The van der Waals surface area contributed by atoms with Crippen LogP contribution in [0.4, 0.5) is 0 Å². The Labute approximate surface area is 113 Å². The summed E-state index contributed by atoms with van der Waals surface area (Å²) >= 11 is 0. The lowest BCUT2D eigenvalue weighted by Gasteiger charge is -2.26. The van der Waals surface area contributed by atoms with E-state index in [-0.39, 0.29) is 12.1 Å². The highest BCUT2D eigenvalue weighted by atomic mass is 16.6. The molecule has 1 aromatic rings. The van der Waals surface area contributed by atoms with Crippen LogP contribution >= 0.6 is 0 Å². The molecule has 0 aromatic heterocycles. The van der Waals surface area contributed by atoms with Crippen LogP contribution in [0.1, 0.15) is 32.4 Å². The standard InChI is InChI=1S/C15H21NO3/c1-15(2,3)19-14(17)12(11-9-18-11)13(16)10-7-5-4-6-8-10/h4-8,11-13H,9,16H2,1-3H3/t11?,12-,13+/m1/s1. The predicted octanol–water partition coefficient (Wildman–Crippen LogP) is 2.04. The maximum Gasteiger partial charge on any atom is 0.314 e. The van der Waals surface area contributed by atoms with Crippen LogP contribution in [0.15, 0.2) is 30.3 Å². The summed E-state index contributed by atoms with van der Waals surface area (Å²) in [5, 5.41) is 0. The van der Waals surface area contributed by atoms with Gasteiger partial charge in [-0.05, 0) is 26.3 Å². The van der Waals surface area contributed by atoms with E-state index < -0.39 is 17.6 Å². The minimum absolute atomic E-state index is 0.120. The van der Waals surface area contributed by atoms with Gasteiger partial charge < -0.3 is 15.2 Å². The Morgan fingerprint density at radius 3 is 2.42 bits per heavy atom. The fourth-order valence-electron chi connectivity index (χ4n) is 2.04. The summed E-state index contributed by atoms with van der Waals surface area (Å²) in [6, 6.07) is 9.19. The molecule has 1 heterocycles. The maximum atomic E-state index is 12.3.